The summed E-state index contributed by atoms with van der Waals surface area (Å²) in [7, 11) is 1.55. The first-order valence-electron chi connectivity index (χ1n) is 11.2. The fourth-order valence-corrected chi connectivity index (χ4v) is 4.15. The Hall–Kier alpha value is -4.22. The molecule has 0 saturated carbocycles. The summed E-state index contributed by atoms with van der Waals surface area (Å²) in [4.78, 5) is 24.2. The highest BCUT2D eigenvalue weighted by Crippen LogP contribution is 2.43. The van der Waals surface area contributed by atoms with E-state index in [-0.39, 0.29) is 23.8 Å². The molecule has 36 heavy (non-hydrogen) atoms. The highest BCUT2D eigenvalue weighted by atomic mass is 35.5. The summed E-state index contributed by atoms with van der Waals surface area (Å²) in [6.07, 6.45) is 0.921. The van der Waals surface area contributed by atoms with E-state index in [0.717, 1.165) is 5.56 Å². The molecule has 0 aromatic heterocycles. The largest absolute Gasteiger partial charge is 0.495 e. The zero-order valence-electron chi connectivity index (χ0n) is 19.4. The van der Waals surface area contributed by atoms with E-state index in [9.17, 15) is 20.0 Å². The maximum atomic E-state index is 12.5. The Labute approximate surface area is 213 Å². The van der Waals surface area contributed by atoms with Crippen molar-refractivity contribution in [1.29, 1.82) is 5.26 Å². The first-order chi connectivity index (χ1) is 17.4. The van der Waals surface area contributed by atoms with Gasteiger partial charge in [0.25, 0.3) is 5.91 Å². The summed E-state index contributed by atoms with van der Waals surface area (Å²) >= 11 is 6.04. The molecule has 184 valence electrons. The summed E-state index contributed by atoms with van der Waals surface area (Å²) in [6.45, 7) is 0.658. The predicted molar refractivity (Wildman–Crippen MR) is 132 cm³/mol. The number of amides is 1. The van der Waals surface area contributed by atoms with Crippen LogP contribution in [0.2, 0.25) is 5.02 Å². The van der Waals surface area contributed by atoms with Gasteiger partial charge in [0.1, 0.15) is 11.5 Å². The molecule has 1 atom stereocenters. The number of aliphatic carboxylic acids is 1. The molecule has 1 aliphatic heterocycles. The van der Waals surface area contributed by atoms with Crippen molar-refractivity contribution in [3.05, 3.63) is 81.9 Å². The third-order valence-corrected chi connectivity index (χ3v) is 6.11. The number of carboxylic acid groups (broad SMARTS) is 1. The van der Waals surface area contributed by atoms with E-state index in [2.05, 4.69) is 5.32 Å². The van der Waals surface area contributed by atoms with Gasteiger partial charge in [-0.25, -0.2) is 0 Å². The first-order valence-corrected chi connectivity index (χ1v) is 11.6. The summed E-state index contributed by atoms with van der Waals surface area (Å²) in [6, 6.07) is 17.0. The number of methoxy groups -OCH3 is 1. The summed E-state index contributed by atoms with van der Waals surface area (Å²) < 4.78 is 16.8. The molecule has 3 aromatic rings. The van der Waals surface area contributed by atoms with Gasteiger partial charge in [0.05, 0.1) is 36.3 Å². The van der Waals surface area contributed by atoms with E-state index in [0.29, 0.717) is 52.8 Å². The molecule has 0 fully saturated rings. The molecule has 1 amide bonds. The van der Waals surface area contributed by atoms with Crippen LogP contribution < -0.4 is 19.5 Å². The van der Waals surface area contributed by atoms with Gasteiger partial charge in [-0.05, 0) is 60.9 Å². The number of halogens is 1. The average Bonchev–Trinajstić information content (AvgIpc) is 2.89. The first kappa shape index (κ1) is 24.9. The summed E-state index contributed by atoms with van der Waals surface area (Å²) in [5, 5.41) is 22.3. The lowest BCUT2D eigenvalue weighted by atomic mass is 9.91. The Morgan fingerprint density at radius 3 is 2.64 bits per heavy atom. The van der Waals surface area contributed by atoms with Crippen LogP contribution in [0.3, 0.4) is 0 Å². The Balaban J connectivity index is 1.42. The van der Waals surface area contributed by atoms with Crippen LogP contribution in [0.25, 0.3) is 0 Å². The number of hydrogen-bond acceptors (Lipinski definition) is 6. The molecule has 0 saturated heterocycles. The fraction of sp³-hybridized carbons (Fsp3) is 0.222. The summed E-state index contributed by atoms with van der Waals surface area (Å²) in [5.41, 5.74) is 2.12. The van der Waals surface area contributed by atoms with Gasteiger partial charge >= 0.3 is 5.97 Å². The molecule has 0 radical (unpaired) electrons. The molecule has 0 aliphatic carbocycles. The van der Waals surface area contributed by atoms with Crippen molar-refractivity contribution in [3.63, 3.8) is 0 Å². The number of rotatable bonds is 8. The van der Waals surface area contributed by atoms with Crippen molar-refractivity contribution >= 4 is 23.5 Å². The van der Waals surface area contributed by atoms with Gasteiger partial charge in [-0.15, -0.1) is 0 Å². The van der Waals surface area contributed by atoms with Crippen molar-refractivity contribution in [1.82, 2.24) is 5.32 Å². The summed E-state index contributed by atoms with van der Waals surface area (Å²) in [5.74, 6) is -0.423. The van der Waals surface area contributed by atoms with Crippen molar-refractivity contribution in [2.45, 2.75) is 18.8 Å². The number of nitrogens with zero attached hydrogens (tertiary/aromatic N) is 1. The number of ether oxygens (including phenoxy) is 3. The molecule has 0 spiro atoms. The SMILES string of the molecule is COc1cc(CCNC(=O)c2ccc(Oc3cc(C#N)cc4c3OCCC4C(=O)O)cc2)ccc1Cl. The topological polar surface area (TPSA) is 118 Å². The van der Waals surface area contributed by atoms with Crippen molar-refractivity contribution in [2.75, 3.05) is 20.3 Å². The number of carbonyl (C=O) groups excluding carboxylic acids is 1. The third kappa shape index (κ3) is 5.53. The zero-order chi connectivity index (χ0) is 25.7. The second-order valence-corrected chi connectivity index (χ2v) is 8.54. The van der Waals surface area contributed by atoms with E-state index < -0.39 is 11.9 Å². The Morgan fingerprint density at radius 2 is 1.94 bits per heavy atom. The monoisotopic (exact) mass is 506 g/mol. The minimum Gasteiger partial charge on any atom is -0.495 e. The van der Waals surface area contributed by atoms with Crippen molar-refractivity contribution in [3.8, 4) is 29.1 Å². The van der Waals surface area contributed by atoms with Gasteiger partial charge in [0, 0.05) is 23.7 Å². The maximum absolute atomic E-state index is 12.5. The zero-order valence-corrected chi connectivity index (χ0v) is 20.2. The van der Waals surface area contributed by atoms with Crippen LogP contribution in [0.5, 0.6) is 23.0 Å². The van der Waals surface area contributed by atoms with Gasteiger partial charge in [0.15, 0.2) is 11.5 Å². The fourth-order valence-electron chi connectivity index (χ4n) is 3.95. The van der Waals surface area contributed by atoms with E-state index in [1.807, 2.05) is 18.2 Å². The van der Waals surface area contributed by atoms with Crippen LogP contribution in [-0.4, -0.2) is 37.2 Å². The van der Waals surface area contributed by atoms with Crippen LogP contribution in [0, 0.1) is 11.3 Å². The molecular formula is C27H23ClN2O6. The van der Waals surface area contributed by atoms with Crippen molar-refractivity contribution in [2.24, 2.45) is 0 Å². The standard InChI is InChI=1S/C27H23ClN2O6/c1-34-23-13-16(2-7-22(23)28)8-10-30-26(31)18-3-5-19(6-4-18)36-24-14-17(15-29)12-21-20(27(32)33)9-11-35-25(21)24/h2-7,12-14,20H,8-11H2,1H3,(H,30,31)(H,32,33). The smallest absolute Gasteiger partial charge is 0.311 e. The quantitative estimate of drug-likeness (QED) is 0.444. The normalized spacial score (nSPS) is 14.1. The Bertz CT molecular complexity index is 1330. The van der Waals surface area contributed by atoms with Gasteiger partial charge in [-0.1, -0.05) is 17.7 Å². The lowest BCUT2D eigenvalue weighted by Crippen LogP contribution is -2.25. The van der Waals surface area contributed by atoms with Crippen LogP contribution in [0.15, 0.2) is 54.6 Å². The third-order valence-electron chi connectivity index (χ3n) is 5.80. The number of hydrogen-bond donors (Lipinski definition) is 2. The predicted octanol–water partition coefficient (Wildman–Crippen LogP) is 4.94. The van der Waals surface area contributed by atoms with Crippen LogP contribution in [0.4, 0.5) is 0 Å². The van der Waals surface area contributed by atoms with Crippen LogP contribution >= 0.6 is 11.6 Å². The minimum absolute atomic E-state index is 0.230. The van der Waals surface area contributed by atoms with E-state index in [4.69, 9.17) is 25.8 Å². The van der Waals surface area contributed by atoms with Gasteiger partial charge < -0.3 is 24.6 Å². The average molecular weight is 507 g/mol. The second kappa shape index (κ2) is 11.0. The molecule has 3 aromatic carbocycles. The molecule has 4 rings (SSSR count). The molecule has 1 heterocycles. The Morgan fingerprint density at radius 1 is 1.17 bits per heavy atom. The molecule has 8 nitrogen and oxygen atoms in total. The number of benzene rings is 3. The number of fused-ring (bicyclic) bond motifs is 1. The molecular weight excluding hydrogens is 484 g/mol. The molecule has 1 unspecified atom stereocenters. The van der Waals surface area contributed by atoms with Gasteiger partial charge in [-0.2, -0.15) is 5.26 Å². The second-order valence-electron chi connectivity index (χ2n) is 8.13. The molecule has 2 N–H and O–H groups in total. The molecule has 0 bridgehead atoms. The molecule has 1 aliphatic rings. The number of nitriles is 1. The number of carbonyl (C=O) groups is 2. The van der Waals surface area contributed by atoms with E-state index >= 15 is 0 Å². The van der Waals surface area contributed by atoms with Crippen molar-refractivity contribution < 1.29 is 28.9 Å². The van der Waals surface area contributed by atoms with Crippen LogP contribution in [-0.2, 0) is 11.2 Å². The number of carboxylic acids is 1. The van der Waals surface area contributed by atoms with Gasteiger partial charge in [0.2, 0.25) is 0 Å². The van der Waals surface area contributed by atoms with Crippen LogP contribution in [0.1, 0.15) is 39.4 Å². The van der Waals surface area contributed by atoms with E-state index in [1.54, 1.807) is 37.4 Å². The Kier molecular flexibility index (Phi) is 7.62. The maximum Gasteiger partial charge on any atom is 0.311 e. The lowest BCUT2D eigenvalue weighted by molar-refractivity contribution is -0.139. The highest BCUT2D eigenvalue weighted by Gasteiger charge is 2.30. The lowest BCUT2D eigenvalue weighted by Gasteiger charge is -2.25. The molecule has 9 heteroatoms. The van der Waals surface area contributed by atoms with Gasteiger partial charge in [-0.3, -0.25) is 9.59 Å². The highest BCUT2D eigenvalue weighted by molar-refractivity contribution is 6.32. The minimum atomic E-state index is -0.980. The van der Waals surface area contributed by atoms with E-state index in [1.165, 1.54) is 12.1 Å². The number of nitrogens with one attached hydrogen (secondary N) is 1.